The van der Waals surface area contributed by atoms with Crippen LogP contribution in [0.3, 0.4) is 0 Å². The first-order valence-electron chi connectivity index (χ1n) is 6.31. The number of rotatable bonds is 3. The topological polar surface area (TPSA) is 83.6 Å². The molecule has 0 aromatic heterocycles. The van der Waals surface area contributed by atoms with E-state index < -0.39 is 22.0 Å². The Morgan fingerprint density at radius 1 is 1.33 bits per heavy atom. The molecule has 6 nitrogen and oxygen atoms in total. The van der Waals surface area contributed by atoms with Crippen LogP contribution < -0.4 is 4.72 Å². The van der Waals surface area contributed by atoms with Gasteiger partial charge in [-0.05, 0) is 37.1 Å². The lowest BCUT2D eigenvalue weighted by Crippen LogP contribution is -2.52. The summed E-state index contributed by atoms with van der Waals surface area (Å²) in [6.45, 7) is 1.78. The molecule has 0 bridgehead atoms. The molecule has 1 aliphatic heterocycles. The van der Waals surface area contributed by atoms with Crippen molar-refractivity contribution >= 4 is 37.8 Å². The summed E-state index contributed by atoms with van der Waals surface area (Å²) in [5.74, 6) is -0.821. The third-order valence-corrected chi connectivity index (χ3v) is 5.75. The van der Waals surface area contributed by atoms with Crippen LogP contribution in [0.25, 0.3) is 0 Å². The number of carbonyl (C=O) groups is 2. The lowest BCUT2D eigenvalue weighted by Gasteiger charge is -2.28. The van der Waals surface area contributed by atoms with Crippen LogP contribution in [0.2, 0.25) is 0 Å². The van der Waals surface area contributed by atoms with Crippen LogP contribution >= 0.6 is 15.9 Å². The minimum atomic E-state index is -3.80. The van der Waals surface area contributed by atoms with E-state index in [0.717, 1.165) is 14.9 Å². The summed E-state index contributed by atoms with van der Waals surface area (Å²) in [6, 6.07) is 3.72. The van der Waals surface area contributed by atoms with Crippen LogP contribution in [0.5, 0.6) is 0 Å². The fourth-order valence-corrected chi connectivity index (χ4v) is 3.62. The summed E-state index contributed by atoms with van der Waals surface area (Å²) in [5, 5.41) is 0. The van der Waals surface area contributed by atoms with Gasteiger partial charge in [0.2, 0.25) is 21.8 Å². The maximum Gasteiger partial charge on any atom is 0.247 e. The molecule has 1 fully saturated rings. The van der Waals surface area contributed by atoms with Gasteiger partial charge < -0.3 is 0 Å². The first-order valence-corrected chi connectivity index (χ1v) is 8.59. The number of likely N-dealkylation sites (N-methyl/N-ethyl adjacent to an activating group) is 1. The third-order valence-electron chi connectivity index (χ3n) is 3.39. The van der Waals surface area contributed by atoms with Crippen molar-refractivity contribution in [3.05, 3.63) is 28.2 Å². The maximum atomic E-state index is 12.3. The lowest BCUT2D eigenvalue weighted by atomic mass is 10.1. The molecule has 2 rings (SSSR count). The quantitative estimate of drug-likeness (QED) is 0.805. The summed E-state index contributed by atoms with van der Waals surface area (Å²) in [7, 11) is -2.45. The number of likely N-dealkylation sites (tertiary alicyclic amines) is 1. The standard InChI is InChI=1S/C13H15BrN2O4S/c1-8-7-9(3-4-10(8)14)21(19,20)15-11-5-6-12(17)16(2)13(11)18/h3-4,7,11,15H,5-6H2,1-2H3. The normalized spacial score (nSPS) is 20.0. The van der Waals surface area contributed by atoms with Gasteiger partial charge in [0.15, 0.2) is 0 Å². The highest BCUT2D eigenvalue weighted by Gasteiger charge is 2.34. The van der Waals surface area contributed by atoms with Crippen molar-refractivity contribution in [2.24, 2.45) is 0 Å². The summed E-state index contributed by atoms with van der Waals surface area (Å²) >= 11 is 3.31. The molecule has 0 spiro atoms. The van der Waals surface area contributed by atoms with Gasteiger partial charge in [0, 0.05) is 17.9 Å². The van der Waals surface area contributed by atoms with Crippen LogP contribution in [0.15, 0.2) is 27.6 Å². The number of halogens is 1. The van der Waals surface area contributed by atoms with Gasteiger partial charge in [-0.3, -0.25) is 14.5 Å². The van der Waals surface area contributed by atoms with E-state index in [1.807, 2.05) is 0 Å². The highest BCUT2D eigenvalue weighted by molar-refractivity contribution is 9.10. The molecular formula is C13H15BrN2O4S. The number of nitrogens with one attached hydrogen (secondary N) is 1. The van der Waals surface area contributed by atoms with E-state index in [-0.39, 0.29) is 23.6 Å². The molecule has 2 amide bonds. The molecule has 1 aromatic carbocycles. The van der Waals surface area contributed by atoms with Crippen LogP contribution in [0.1, 0.15) is 18.4 Å². The van der Waals surface area contributed by atoms with E-state index in [9.17, 15) is 18.0 Å². The Hall–Kier alpha value is -1.25. The van der Waals surface area contributed by atoms with Gasteiger partial charge in [0.05, 0.1) is 4.90 Å². The van der Waals surface area contributed by atoms with E-state index in [0.29, 0.717) is 0 Å². The number of imide groups is 1. The fraction of sp³-hybridized carbons (Fsp3) is 0.385. The average molecular weight is 375 g/mol. The van der Waals surface area contributed by atoms with E-state index in [4.69, 9.17) is 0 Å². The van der Waals surface area contributed by atoms with Crippen molar-refractivity contribution in [2.75, 3.05) is 7.05 Å². The number of nitrogens with zero attached hydrogens (tertiary/aromatic N) is 1. The second kappa shape index (κ2) is 5.86. The summed E-state index contributed by atoms with van der Waals surface area (Å²) in [6.07, 6.45) is 0.325. The first kappa shape index (κ1) is 16.1. The number of amides is 2. The molecule has 1 aromatic rings. The van der Waals surface area contributed by atoms with Crippen molar-refractivity contribution in [3.8, 4) is 0 Å². The van der Waals surface area contributed by atoms with Crippen LogP contribution in [-0.4, -0.2) is 38.2 Å². The minimum Gasteiger partial charge on any atom is -0.284 e. The number of carbonyl (C=O) groups excluding carboxylic acids is 2. The Morgan fingerprint density at radius 2 is 2.00 bits per heavy atom. The molecule has 1 heterocycles. The molecule has 0 aliphatic carbocycles. The Labute approximate surface area is 131 Å². The van der Waals surface area contributed by atoms with Crippen molar-refractivity contribution in [1.29, 1.82) is 0 Å². The molecular weight excluding hydrogens is 360 g/mol. The van der Waals surface area contributed by atoms with Crippen LogP contribution in [0, 0.1) is 6.92 Å². The predicted molar refractivity (Wildman–Crippen MR) is 80.0 cm³/mol. The fourth-order valence-electron chi connectivity index (χ4n) is 2.06. The van der Waals surface area contributed by atoms with Crippen molar-refractivity contribution < 1.29 is 18.0 Å². The maximum absolute atomic E-state index is 12.3. The van der Waals surface area contributed by atoms with E-state index in [1.54, 1.807) is 13.0 Å². The van der Waals surface area contributed by atoms with Gasteiger partial charge in [-0.15, -0.1) is 0 Å². The first-order chi connectivity index (χ1) is 9.72. The number of sulfonamides is 1. The third kappa shape index (κ3) is 3.33. The van der Waals surface area contributed by atoms with Gasteiger partial charge in [-0.2, -0.15) is 4.72 Å². The van der Waals surface area contributed by atoms with Crippen molar-refractivity contribution in [3.63, 3.8) is 0 Å². The number of piperidine rings is 1. The zero-order valence-corrected chi connectivity index (χ0v) is 14.0. The predicted octanol–water partition coefficient (Wildman–Crippen LogP) is 1.18. The van der Waals surface area contributed by atoms with Gasteiger partial charge >= 0.3 is 0 Å². The smallest absolute Gasteiger partial charge is 0.247 e. The van der Waals surface area contributed by atoms with Gasteiger partial charge in [0.25, 0.3) is 0 Å². The van der Waals surface area contributed by atoms with E-state index in [2.05, 4.69) is 20.7 Å². The molecule has 1 saturated heterocycles. The van der Waals surface area contributed by atoms with Gasteiger partial charge in [-0.1, -0.05) is 15.9 Å². The Kier molecular flexibility index (Phi) is 4.50. The van der Waals surface area contributed by atoms with Crippen molar-refractivity contribution in [1.82, 2.24) is 9.62 Å². The van der Waals surface area contributed by atoms with E-state index >= 15 is 0 Å². The van der Waals surface area contributed by atoms with Crippen LogP contribution in [-0.2, 0) is 19.6 Å². The SMILES string of the molecule is Cc1cc(S(=O)(=O)NC2CCC(=O)N(C)C2=O)ccc1Br. The lowest BCUT2D eigenvalue weighted by molar-refractivity contribution is -0.147. The second-order valence-corrected chi connectivity index (χ2v) is 7.48. The Morgan fingerprint density at radius 3 is 2.62 bits per heavy atom. The molecule has 8 heteroatoms. The summed E-state index contributed by atoms with van der Waals surface area (Å²) in [4.78, 5) is 24.4. The molecule has 21 heavy (non-hydrogen) atoms. The monoisotopic (exact) mass is 374 g/mol. The van der Waals surface area contributed by atoms with E-state index in [1.165, 1.54) is 19.2 Å². The molecule has 1 N–H and O–H groups in total. The molecule has 1 aliphatic rings. The highest BCUT2D eigenvalue weighted by Crippen LogP contribution is 2.21. The zero-order chi connectivity index (χ0) is 15.8. The molecule has 0 radical (unpaired) electrons. The molecule has 1 atom stereocenters. The number of benzene rings is 1. The molecule has 0 saturated carbocycles. The molecule has 114 valence electrons. The number of hydrogen-bond donors (Lipinski definition) is 1. The van der Waals surface area contributed by atoms with Gasteiger partial charge in [0.1, 0.15) is 6.04 Å². The average Bonchev–Trinajstić information content (AvgIpc) is 2.42. The molecule has 1 unspecified atom stereocenters. The summed E-state index contributed by atoms with van der Waals surface area (Å²) < 4.78 is 27.8. The largest absolute Gasteiger partial charge is 0.284 e. The Balaban J connectivity index is 2.23. The second-order valence-electron chi connectivity index (χ2n) is 4.91. The van der Waals surface area contributed by atoms with Crippen molar-refractivity contribution in [2.45, 2.75) is 30.7 Å². The zero-order valence-electron chi connectivity index (χ0n) is 11.6. The number of hydrogen-bond acceptors (Lipinski definition) is 4. The summed E-state index contributed by atoms with van der Waals surface area (Å²) in [5.41, 5.74) is 0.778. The highest BCUT2D eigenvalue weighted by atomic mass is 79.9. The minimum absolute atomic E-state index is 0.0931. The Bertz CT molecular complexity index is 702. The van der Waals surface area contributed by atoms with Gasteiger partial charge in [-0.25, -0.2) is 8.42 Å². The number of aryl methyl sites for hydroxylation is 1. The van der Waals surface area contributed by atoms with Crippen LogP contribution in [0.4, 0.5) is 0 Å².